The highest BCUT2D eigenvalue weighted by Crippen LogP contribution is 2.24. The molecule has 1 fully saturated rings. The van der Waals surface area contributed by atoms with Crippen LogP contribution in [0.2, 0.25) is 0 Å². The van der Waals surface area contributed by atoms with Crippen LogP contribution in [0.25, 0.3) is 11.3 Å². The maximum atomic E-state index is 11.0. The Morgan fingerprint density at radius 2 is 1.79 bits per heavy atom. The largest absolute Gasteiger partial charge is 0.378 e. The molecule has 1 aromatic heterocycles. The van der Waals surface area contributed by atoms with Gasteiger partial charge in [0, 0.05) is 41.9 Å². The van der Waals surface area contributed by atoms with Gasteiger partial charge in [0.15, 0.2) is 0 Å². The van der Waals surface area contributed by atoms with E-state index in [1.54, 1.807) is 16.8 Å². The molecule has 0 atom stereocenters. The van der Waals surface area contributed by atoms with Gasteiger partial charge in [-0.1, -0.05) is 24.3 Å². The standard InChI is InChI=1S/C25H27N5O3S/c1-18(2)16-26-25-29(24(17-34-25)21-6-10-23(11-7-21)30(31)32)27-19(3)20-4-8-22(9-5-20)28-12-14-33-15-13-28/h4-11,17H,1,12-16H2,2-3H3/b26-25?,27-19-. The van der Waals surface area contributed by atoms with Crippen LogP contribution in [0.1, 0.15) is 19.4 Å². The lowest BCUT2D eigenvalue weighted by Crippen LogP contribution is -2.36. The quantitative estimate of drug-likeness (QED) is 0.213. The second kappa shape index (κ2) is 10.6. The minimum Gasteiger partial charge on any atom is -0.378 e. The first-order chi connectivity index (χ1) is 16.4. The Balaban J connectivity index is 1.69. The van der Waals surface area contributed by atoms with E-state index in [0.717, 1.165) is 59.2 Å². The van der Waals surface area contributed by atoms with E-state index in [4.69, 9.17) is 9.84 Å². The number of thiazole rings is 1. The maximum absolute atomic E-state index is 11.0. The van der Waals surface area contributed by atoms with Crippen LogP contribution in [0.15, 0.2) is 76.2 Å². The van der Waals surface area contributed by atoms with E-state index in [-0.39, 0.29) is 5.69 Å². The van der Waals surface area contributed by atoms with Gasteiger partial charge in [-0.2, -0.15) is 5.10 Å². The van der Waals surface area contributed by atoms with Gasteiger partial charge in [0.2, 0.25) is 4.80 Å². The fourth-order valence-electron chi connectivity index (χ4n) is 3.60. The summed E-state index contributed by atoms with van der Waals surface area (Å²) in [5.74, 6) is 0. The van der Waals surface area contributed by atoms with E-state index in [1.807, 2.05) is 19.2 Å². The van der Waals surface area contributed by atoms with Gasteiger partial charge in [-0.15, -0.1) is 11.3 Å². The zero-order chi connectivity index (χ0) is 24.1. The molecule has 0 N–H and O–H groups in total. The van der Waals surface area contributed by atoms with Crippen LogP contribution in [0.5, 0.6) is 0 Å². The number of aromatic nitrogens is 1. The number of non-ortho nitro benzene ring substituents is 1. The predicted molar refractivity (Wildman–Crippen MR) is 137 cm³/mol. The molecule has 0 radical (unpaired) electrons. The topological polar surface area (TPSA) is 85.3 Å². The molecule has 4 rings (SSSR count). The molecule has 1 aliphatic rings. The molecule has 1 saturated heterocycles. The molecule has 0 spiro atoms. The van der Waals surface area contributed by atoms with E-state index >= 15 is 0 Å². The summed E-state index contributed by atoms with van der Waals surface area (Å²) in [5, 5.41) is 17.9. The first-order valence-corrected chi connectivity index (χ1v) is 11.9. The van der Waals surface area contributed by atoms with E-state index in [9.17, 15) is 10.1 Å². The molecule has 9 heteroatoms. The molecule has 0 bridgehead atoms. The second-order valence-corrected chi connectivity index (χ2v) is 8.96. The summed E-state index contributed by atoms with van der Waals surface area (Å²) in [7, 11) is 0. The summed E-state index contributed by atoms with van der Waals surface area (Å²) < 4.78 is 7.25. The Morgan fingerprint density at radius 3 is 2.41 bits per heavy atom. The van der Waals surface area contributed by atoms with Crippen molar-refractivity contribution in [3.05, 3.63) is 86.5 Å². The number of benzene rings is 2. The van der Waals surface area contributed by atoms with Gasteiger partial charge in [0.25, 0.3) is 5.69 Å². The highest BCUT2D eigenvalue weighted by Gasteiger charge is 2.13. The number of hydrogen-bond acceptors (Lipinski definition) is 7. The Bertz CT molecular complexity index is 1270. The van der Waals surface area contributed by atoms with Crippen molar-refractivity contribution in [3.8, 4) is 11.3 Å². The van der Waals surface area contributed by atoms with Gasteiger partial charge in [0.1, 0.15) is 0 Å². The summed E-state index contributed by atoms with van der Waals surface area (Å²) in [6.07, 6.45) is 0. The van der Waals surface area contributed by atoms with Gasteiger partial charge >= 0.3 is 0 Å². The van der Waals surface area contributed by atoms with Crippen molar-refractivity contribution in [2.45, 2.75) is 13.8 Å². The normalized spacial score (nSPS) is 14.9. The van der Waals surface area contributed by atoms with Crippen LogP contribution in [0.4, 0.5) is 11.4 Å². The molecular weight excluding hydrogens is 450 g/mol. The first-order valence-electron chi connectivity index (χ1n) is 11.0. The van der Waals surface area contributed by atoms with E-state index in [2.05, 4.69) is 40.7 Å². The fraction of sp³-hybridized carbons (Fsp3) is 0.280. The number of hydrogen-bond donors (Lipinski definition) is 0. The number of nitro benzene ring substituents is 1. The number of nitrogens with zero attached hydrogens (tertiary/aromatic N) is 5. The second-order valence-electron chi connectivity index (χ2n) is 8.12. The summed E-state index contributed by atoms with van der Waals surface area (Å²) in [5.41, 5.74) is 5.69. The number of anilines is 1. The van der Waals surface area contributed by atoms with E-state index < -0.39 is 4.92 Å². The number of nitro groups is 1. The maximum Gasteiger partial charge on any atom is 0.269 e. The Kier molecular flexibility index (Phi) is 7.34. The molecule has 0 unspecified atom stereocenters. The summed E-state index contributed by atoms with van der Waals surface area (Å²) in [4.78, 5) is 18.4. The number of rotatable bonds is 7. The molecule has 2 aromatic carbocycles. The molecule has 0 amide bonds. The monoisotopic (exact) mass is 477 g/mol. The number of ether oxygens (including phenoxy) is 1. The van der Waals surface area contributed by atoms with Crippen LogP contribution >= 0.6 is 11.3 Å². The third-order valence-corrected chi connectivity index (χ3v) is 6.31. The molecular formula is C25H27N5O3S. The summed E-state index contributed by atoms with van der Waals surface area (Å²) in [6.45, 7) is 11.6. The summed E-state index contributed by atoms with van der Waals surface area (Å²) in [6, 6.07) is 14.9. The van der Waals surface area contributed by atoms with Gasteiger partial charge in [-0.05, 0) is 43.7 Å². The molecule has 34 heavy (non-hydrogen) atoms. The Hall–Kier alpha value is -3.56. The smallest absolute Gasteiger partial charge is 0.269 e. The van der Waals surface area contributed by atoms with Gasteiger partial charge in [-0.3, -0.25) is 15.1 Å². The molecule has 0 saturated carbocycles. The van der Waals surface area contributed by atoms with Crippen molar-refractivity contribution in [3.63, 3.8) is 0 Å². The van der Waals surface area contributed by atoms with Crippen LogP contribution in [0.3, 0.4) is 0 Å². The van der Waals surface area contributed by atoms with Gasteiger partial charge in [-0.25, -0.2) is 4.68 Å². The van der Waals surface area contributed by atoms with Crippen molar-refractivity contribution < 1.29 is 9.66 Å². The van der Waals surface area contributed by atoms with Gasteiger partial charge in [0.05, 0.1) is 36.1 Å². The minimum absolute atomic E-state index is 0.0535. The third-order valence-electron chi connectivity index (χ3n) is 5.45. The lowest BCUT2D eigenvalue weighted by Gasteiger charge is -2.28. The van der Waals surface area contributed by atoms with Crippen LogP contribution in [-0.2, 0) is 4.74 Å². The van der Waals surface area contributed by atoms with Crippen molar-refractivity contribution in [2.24, 2.45) is 10.1 Å². The molecule has 2 heterocycles. The zero-order valence-electron chi connectivity index (χ0n) is 19.3. The van der Waals surface area contributed by atoms with Crippen LogP contribution < -0.4 is 9.70 Å². The molecule has 1 aliphatic heterocycles. The fourth-order valence-corrected chi connectivity index (χ4v) is 4.43. The van der Waals surface area contributed by atoms with Crippen molar-refractivity contribution >= 4 is 28.4 Å². The van der Waals surface area contributed by atoms with Gasteiger partial charge < -0.3 is 9.64 Å². The predicted octanol–water partition coefficient (Wildman–Crippen LogP) is 4.71. The summed E-state index contributed by atoms with van der Waals surface area (Å²) >= 11 is 1.48. The van der Waals surface area contributed by atoms with Crippen LogP contribution in [-0.4, -0.2) is 48.2 Å². The lowest BCUT2D eigenvalue weighted by atomic mass is 10.1. The van der Waals surface area contributed by atoms with Crippen molar-refractivity contribution in [1.82, 2.24) is 4.68 Å². The van der Waals surface area contributed by atoms with Crippen LogP contribution in [0, 0.1) is 10.1 Å². The molecule has 8 nitrogen and oxygen atoms in total. The third kappa shape index (κ3) is 5.49. The highest BCUT2D eigenvalue weighted by molar-refractivity contribution is 7.07. The zero-order valence-corrected chi connectivity index (χ0v) is 20.1. The Morgan fingerprint density at radius 1 is 1.12 bits per heavy atom. The van der Waals surface area contributed by atoms with Crippen molar-refractivity contribution in [2.75, 3.05) is 37.7 Å². The highest BCUT2D eigenvalue weighted by atomic mass is 32.1. The lowest BCUT2D eigenvalue weighted by molar-refractivity contribution is -0.384. The van der Waals surface area contributed by atoms with Crippen molar-refractivity contribution in [1.29, 1.82) is 0 Å². The SMILES string of the molecule is C=C(C)CN=c1scc(-c2ccc([N+](=O)[O-])cc2)n1/N=C(/C)c1ccc(N2CCOCC2)cc1. The minimum atomic E-state index is -0.401. The average molecular weight is 478 g/mol. The molecule has 0 aliphatic carbocycles. The van der Waals surface area contributed by atoms with E-state index in [1.165, 1.54) is 29.2 Å². The Labute approximate surface area is 202 Å². The number of morpholine rings is 1. The average Bonchev–Trinajstić information content (AvgIpc) is 3.25. The molecule has 176 valence electrons. The van der Waals surface area contributed by atoms with E-state index in [0.29, 0.717) is 6.54 Å². The molecule has 3 aromatic rings. The first kappa shape index (κ1) is 23.6.